The first-order valence-corrected chi connectivity index (χ1v) is 9.78. The molecule has 0 aliphatic carbocycles. The number of aryl methyl sites for hydroxylation is 1. The van der Waals surface area contributed by atoms with Gasteiger partial charge in [0.15, 0.2) is 0 Å². The summed E-state index contributed by atoms with van der Waals surface area (Å²) >= 11 is 0. The molecule has 1 unspecified atom stereocenters. The molecule has 4 amide bonds. The average Bonchev–Trinajstić information content (AvgIpc) is 2.98. The zero-order valence-corrected chi connectivity index (χ0v) is 17.7. The highest BCUT2D eigenvalue weighted by Crippen LogP contribution is 2.35. The normalized spacial score (nSPS) is 18.5. The van der Waals surface area contributed by atoms with Gasteiger partial charge in [-0.2, -0.15) is 13.2 Å². The van der Waals surface area contributed by atoms with Gasteiger partial charge in [0.05, 0.1) is 12.7 Å². The maximum absolute atomic E-state index is 13.2. The molecular weight excluding hydrogens is 427 g/mol. The Morgan fingerprint density at radius 2 is 1.81 bits per heavy atom. The Bertz CT molecular complexity index is 1050. The van der Waals surface area contributed by atoms with Crippen LogP contribution in [0.4, 0.5) is 23.7 Å². The first-order valence-electron chi connectivity index (χ1n) is 9.78. The average molecular weight is 449 g/mol. The summed E-state index contributed by atoms with van der Waals surface area (Å²) in [5.41, 5.74) is -0.738. The van der Waals surface area contributed by atoms with Crippen molar-refractivity contribution in [3.05, 3.63) is 59.2 Å². The third kappa shape index (κ3) is 4.25. The Morgan fingerprint density at radius 1 is 1.16 bits per heavy atom. The van der Waals surface area contributed by atoms with Crippen molar-refractivity contribution >= 4 is 23.5 Å². The van der Waals surface area contributed by atoms with Crippen LogP contribution in [0.25, 0.3) is 0 Å². The van der Waals surface area contributed by atoms with Crippen molar-refractivity contribution < 1.29 is 32.3 Å². The number of amides is 4. The van der Waals surface area contributed by atoms with Crippen LogP contribution in [0.15, 0.2) is 42.5 Å². The maximum Gasteiger partial charge on any atom is 0.416 e. The number of alkyl halides is 3. The van der Waals surface area contributed by atoms with E-state index in [0.717, 1.165) is 34.7 Å². The Kier molecular flexibility index (Phi) is 6.16. The van der Waals surface area contributed by atoms with Gasteiger partial charge in [-0.15, -0.1) is 0 Å². The molecule has 2 aromatic rings. The quantitative estimate of drug-likeness (QED) is 0.657. The fourth-order valence-electron chi connectivity index (χ4n) is 3.64. The molecular formula is C22H22F3N3O4. The predicted octanol–water partition coefficient (Wildman–Crippen LogP) is 3.82. The number of methoxy groups -OCH3 is 1. The fourth-order valence-corrected chi connectivity index (χ4v) is 3.64. The Balaban J connectivity index is 1.76. The molecule has 0 aromatic heterocycles. The standard InChI is InChI=1S/C22H22F3N3O4/c1-4-21(15-7-10-17(32-3)13(2)11-15)19(30)28(20(31)27-21)12-18(29)26-16-8-5-14(6-9-16)22(23,24)25/h5-11H,4,12H2,1-3H3,(H,26,29)(H,27,31). The van der Waals surface area contributed by atoms with Crippen LogP contribution in [0.1, 0.15) is 30.0 Å². The molecule has 1 aliphatic rings. The van der Waals surface area contributed by atoms with Gasteiger partial charge in [-0.25, -0.2) is 4.79 Å². The van der Waals surface area contributed by atoms with Gasteiger partial charge in [-0.1, -0.05) is 13.0 Å². The number of halogens is 3. The summed E-state index contributed by atoms with van der Waals surface area (Å²) in [6, 6.07) is 8.25. The minimum Gasteiger partial charge on any atom is -0.496 e. The zero-order chi connectivity index (χ0) is 23.7. The number of nitrogens with one attached hydrogen (secondary N) is 2. The van der Waals surface area contributed by atoms with Crippen LogP contribution in [0.2, 0.25) is 0 Å². The largest absolute Gasteiger partial charge is 0.496 e. The second kappa shape index (κ2) is 8.52. The summed E-state index contributed by atoms with van der Waals surface area (Å²) in [5.74, 6) is -0.673. The predicted molar refractivity (Wildman–Crippen MR) is 110 cm³/mol. The monoisotopic (exact) mass is 449 g/mol. The molecule has 2 N–H and O–H groups in total. The van der Waals surface area contributed by atoms with Crippen molar-refractivity contribution in [3.63, 3.8) is 0 Å². The summed E-state index contributed by atoms with van der Waals surface area (Å²) in [5, 5.41) is 5.08. The van der Waals surface area contributed by atoms with E-state index in [0.29, 0.717) is 11.3 Å². The van der Waals surface area contributed by atoms with E-state index in [2.05, 4.69) is 10.6 Å². The van der Waals surface area contributed by atoms with E-state index >= 15 is 0 Å². The van der Waals surface area contributed by atoms with Gasteiger partial charge < -0.3 is 15.4 Å². The molecule has 0 spiro atoms. The van der Waals surface area contributed by atoms with E-state index in [1.165, 1.54) is 7.11 Å². The number of ether oxygens (including phenoxy) is 1. The van der Waals surface area contributed by atoms with E-state index < -0.39 is 41.7 Å². The van der Waals surface area contributed by atoms with Gasteiger partial charge in [-0.05, 0) is 60.9 Å². The zero-order valence-electron chi connectivity index (χ0n) is 17.7. The smallest absolute Gasteiger partial charge is 0.416 e. The van der Waals surface area contributed by atoms with Gasteiger partial charge in [0.1, 0.15) is 17.8 Å². The number of rotatable bonds is 6. The lowest BCUT2D eigenvalue weighted by Crippen LogP contribution is -2.44. The van der Waals surface area contributed by atoms with Crippen molar-refractivity contribution in [2.24, 2.45) is 0 Å². The van der Waals surface area contributed by atoms with E-state index in [9.17, 15) is 27.6 Å². The fraction of sp³-hybridized carbons (Fsp3) is 0.318. The topological polar surface area (TPSA) is 87.7 Å². The van der Waals surface area contributed by atoms with Crippen LogP contribution >= 0.6 is 0 Å². The van der Waals surface area contributed by atoms with Crippen LogP contribution in [0, 0.1) is 6.92 Å². The van der Waals surface area contributed by atoms with Crippen LogP contribution in [0.3, 0.4) is 0 Å². The third-order valence-corrected chi connectivity index (χ3v) is 5.39. The number of nitrogens with zero attached hydrogens (tertiary/aromatic N) is 1. The van der Waals surface area contributed by atoms with Crippen molar-refractivity contribution in [3.8, 4) is 5.75 Å². The molecule has 1 fully saturated rings. The molecule has 10 heteroatoms. The Morgan fingerprint density at radius 3 is 2.34 bits per heavy atom. The van der Waals surface area contributed by atoms with Gasteiger partial charge in [-0.3, -0.25) is 14.5 Å². The highest BCUT2D eigenvalue weighted by Gasteiger charge is 2.51. The van der Waals surface area contributed by atoms with Crippen molar-refractivity contribution in [1.82, 2.24) is 10.2 Å². The summed E-state index contributed by atoms with van der Waals surface area (Å²) in [4.78, 5) is 38.9. The summed E-state index contributed by atoms with van der Waals surface area (Å²) < 4.78 is 43.2. The number of hydrogen-bond donors (Lipinski definition) is 2. The van der Waals surface area contributed by atoms with Crippen LogP contribution in [0.5, 0.6) is 5.75 Å². The van der Waals surface area contributed by atoms with Gasteiger partial charge in [0, 0.05) is 5.69 Å². The van der Waals surface area contributed by atoms with Gasteiger partial charge in [0.25, 0.3) is 5.91 Å². The third-order valence-electron chi connectivity index (χ3n) is 5.39. The van der Waals surface area contributed by atoms with Crippen molar-refractivity contribution in [2.75, 3.05) is 19.0 Å². The van der Waals surface area contributed by atoms with E-state index in [1.807, 2.05) is 6.92 Å². The number of carbonyl (C=O) groups is 3. The first kappa shape index (κ1) is 23.1. The molecule has 1 saturated heterocycles. The van der Waals surface area contributed by atoms with Crippen LogP contribution in [-0.4, -0.2) is 36.4 Å². The molecule has 0 bridgehead atoms. The maximum atomic E-state index is 13.2. The number of hydrogen-bond acceptors (Lipinski definition) is 4. The second-order valence-corrected chi connectivity index (χ2v) is 7.39. The van der Waals surface area contributed by atoms with Crippen LogP contribution < -0.4 is 15.4 Å². The molecule has 0 radical (unpaired) electrons. The first-order chi connectivity index (χ1) is 15.0. The molecule has 0 saturated carbocycles. The minimum atomic E-state index is -4.49. The lowest BCUT2D eigenvalue weighted by molar-refractivity contribution is -0.137. The van der Waals surface area contributed by atoms with Crippen LogP contribution in [-0.2, 0) is 21.3 Å². The Hall–Kier alpha value is -3.56. The highest BCUT2D eigenvalue weighted by molar-refractivity contribution is 6.10. The van der Waals surface area contributed by atoms with Crippen molar-refractivity contribution in [2.45, 2.75) is 32.0 Å². The molecule has 1 heterocycles. The lowest BCUT2D eigenvalue weighted by atomic mass is 9.86. The summed E-state index contributed by atoms with van der Waals surface area (Å²) in [6.45, 7) is 2.97. The van der Waals surface area contributed by atoms with Crippen molar-refractivity contribution in [1.29, 1.82) is 0 Å². The molecule has 1 atom stereocenters. The van der Waals surface area contributed by atoms with E-state index in [4.69, 9.17) is 4.74 Å². The molecule has 7 nitrogen and oxygen atoms in total. The summed E-state index contributed by atoms with van der Waals surface area (Å²) in [7, 11) is 1.52. The molecule has 1 aliphatic heterocycles. The highest BCUT2D eigenvalue weighted by atomic mass is 19.4. The van der Waals surface area contributed by atoms with Gasteiger partial charge in [0.2, 0.25) is 5.91 Å². The number of carbonyl (C=O) groups excluding carboxylic acids is 3. The van der Waals surface area contributed by atoms with Gasteiger partial charge >= 0.3 is 12.2 Å². The molecule has 170 valence electrons. The minimum absolute atomic E-state index is 0.114. The lowest BCUT2D eigenvalue weighted by Gasteiger charge is -2.26. The number of benzene rings is 2. The molecule has 3 rings (SSSR count). The number of anilines is 1. The number of imide groups is 1. The van der Waals surface area contributed by atoms with E-state index in [-0.39, 0.29) is 12.1 Å². The molecule has 32 heavy (non-hydrogen) atoms. The number of urea groups is 1. The molecule has 2 aromatic carbocycles. The second-order valence-electron chi connectivity index (χ2n) is 7.39. The van der Waals surface area contributed by atoms with E-state index in [1.54, 1.807) is 25.1 Å². The summed E-state index contributed by atoms with van der Waals surface area (Å²) in [6.07, 6.45) is -4.24. The SMILES string of the molecule is CCC1(c2ccc(OC)c(C)c2)NC(=O)N(CC(=O)Nc2ccc(C(F)(F)F)cc2)C1=O. The Labute approximate surface area is 182 Å².